The van der Waals surface area contributed by atoms with Crippen LogP contribution in [-0.4, -0.2) is 23.3 Å². The van der Waals surface area contributed by atoms with Crippen LogP contribution in [0, 0.1) is 5.82 Å². The fraction of sp³-hybridized carbons (Fsp3) is 0.559. The monoisotopic (exact) mass is 568 g/mol. The van der Waals surface area contributed by atoms with Gasteiger partial charge in [-0.25, -0.2) is 4.39 Å². The predicted molar refractivity (Wildman–Crippen MR) is 168 cm³/mol. The van der Waals surface area contributed by atoms with Gasteiger partial charge >= 0.3 is 0 Å². The Hall–Kier alpha value is -2.47. The van der Waals surface area contributed by atoms with E-state index in [4.69, 9.17) is 4.74 Å². The minimum atomic E-state index is -0.372. The maximum absolute atomic E-state index is 14.9. The van der Waals surface area contributed by atoms with E-state index in [-0.39, 0.29) is 17.5 Å². The van der Waals surface area contributed by atoms with Crippen LogP contribution in [-0.2, 0) is 17.9 Å². The van der Waals surface area contributed by atoms with E-state index >= 15 is 0 Å². The zero-order chi connectivity index (χ0) is 28.6. The average Bonchev–Trinajstić information content (AvgIpc) is 3.35. The molecule has 0 saturated heterocycles. The molecule has 220 valence electrons. The lowest BCUT2D eigenvalue weighted by Crippen LogP contribution is -2.29. The number of halogens is 1. The van der Waals surface area contributed by atoms with E-state index in [1.165, 1.54) is 75.2 Å². The number of carbonyl (C=O) groups excluding carboxylic acids is 1. The summed E-state index contributed by atoms with van der Waals surface area (Å²) >= 11 is 1.82. The molecule has 0 N–H and O–H groups in total. The molecule has 1 amide bonds. The summed E-state index contributed by atoms with van der Waals surface area (Å²) in [6.45, 7) is 7.51. The Morgan fingerprint density at radius 1 is 0.950 bits per heavy atom. The van der Waals surface area contributed by atoms with E-state index in [9.17, 15) is 9.18 Å². The SMILES string of the molecule is CCCCCCCCCCCCCCOc1ccc(CN(C(C)=O)c2ccccc2CN2C=C(C)SC2)cc1F. The fourth-order valence-electron chi connectivity index (χ4n) is 5.17. The topological polar surface area (TPSA) is 32.8 Å². The van der Waals surface area contributed by atoms with Crippen LogP contribution in [0.1, 0.15) is 109 Å². The molecule has 0 fully saturated rings. The molecule has 0 aliphatic carbocycles. The Balaban J connectivity index is 1.42. The van der Waals surface area contributed by atoms with E-state index in [1.54, 1.807) is 17.9 Å². The van der Waals surface area contributed by atoms with Crippen molar-refractivity contribution >= 4 is 23.4 Å². The molecule has 0 bridgehead atoms. The molecule has 4 nitrogen and oxygen atoms in total. The molecule has 1 aliphatic rings. The first-order chi connectivity index (χ1) is 19.5. The van der Waals surface area contributed by atoms with E-state index in [2.05, 4.69) is 31.0 Å². The number of amides is 1. The third-order valence-electron chi connectivity index (χ3n) is 7.45. The highest BCUT2D eigenvalue weighted by Gasteiger charge is 2.19. The number of benzene rings is 2. The number of hydrogen-bond donors (Lipinski definition) is 0. The Kier molecular flexibility index (Phi) is 14.5. The maximum atomic E-state index is 14.9. The van der Waals surface area contributed by atoms with Gasteiger partial charge in [-0.05, 0) is 47.6 Å². The van der Waals surface area contributed by atoms with Crippen molar-refractivity contribution in [2.75, 3.05) is 17.4 Å². The highest BCUT2D eigenvalue weighted by molar-refractivity contribution is 8.03. The van der Waals surface area contributed by atoms with Crippen LogP contribution in [0.15, 0.2) is 53.6 Å². The summed E-state index contributed by atoms with van der Waals surface area (Å²) in [5, 5.41) is 0. The first kappa shape index (κ1) is 32.0. The number of unbranched alkanes of at least 4 members (excludes halogenated alkanes) is 11. The predicted octanol–water partition coefficient (Wildman–Crippen LogP) is 9.83. The number of carbonyl (C=O) groups is 1. The van der Waals surface area contributed by atoms with Gasteiger partial charge in [0.05, 0.1) is 19.0 Å². The van der Waals surface area contributed by atoms with Gasteiger partial charge < -0.3 is 14.5 Å². The van der Waals surface area contributed by atoms with Crippen LogP contribution in [0.4, 0.5) is 10.1 Å². The van der Waals surface area contributed by atoms with Gasteiger partial charge in [-0.2, -0.15) is 0 Å². The number of rotatable bonds is 19. The minimum absolute atomic E-state index is 0.0670. The van der Waals surface area contributed by atoms with Gasteiger partial charge in [0.25, 0.3) is 0 Å². The van der Waals surface area contributed by atoms with Crippen molar-refractivity contribution in [3.05, 3.63) is 70.5 Å². The second-order valence-electron chi connectivity index (χ2n) is 11.0. The van der Waals surface area contributed by atoms with Gasteiger partial charge in [0.1, 0.15) is 0 Å². The van der Waals surface area contributed by atoms with Gasteiger partial charge in [-0.3, -0.25) is 4.79 Å². The van der Waals surface area contributed by atoms with Crippen molar-refractivity contribution < 1.29 is 13.9 Å². The molecule has 0 atom stereocenters. The zero-order valence-corrected chi connectivity index (χ0v) is 25.7. The van der Waals surface area contributed by atoms with Crippen LogP contribution in [0.5, 0.6) is 5.75 Å². The second-order valence-corrected chi connectivity index (χ2v) is 12.2. The molecule has 0 saturated carbocycles. The Morgan fingerprint density at radius 3 is 2.20 bits per heavy atom. The van der Waals surface area contributed by atoms with Crippen molar-refractivity contribution in [2.24, 2.45) is 0 Å². The molecular weight excluding hydrogens is 519 g/mol. The van der Waals surface area contributed by atoms with E-state index in [1.807, 2.05) is 36.0 Å². The summed E-state index contributed by atoms with van der Waals surface area (Å²) in [5.41, 5.74) is 2.69. The van der Waals surface area contributed by atoms with Gasteiger partial charge in [0.2, 0.25) is 5.91 Å². The van der Waals surface area contributed by atoms with E-state index < -0.39 is 0 Å². The van der Waals surface area contributed by atoms with Gasteiger partial charge in [-0.1, -0.05) is 102 Å². The summed E-state index contributed by atoms with van der Waals surface area (Å²) in [4.78, 5) is 17.9. The quantitative estimate of drug-likeness (QED) is 0.158. The first-order valence-electron chi connectivity index (χ1n) is 15.3. The van der Waals surface area contributed by atoms with Crippen LogP contribution in [0.3, 0.4) is 0 Å². The van der Waals surface area contributed by atoms with Crippen molar-refractivity contribution in [1.82, 2.24) is 4.90 Å². The molecular formula is C34H49FN2O2S. The number of thioether (sulfide) groups is 1. The van der Waals surface area contributed by atoms with E-state index in [0.29, 0.717) is 13.2 Å². The smallest absolute Gasteiger partial charge is 0.224 e. The molecule has 2 aromatic rings. The number of allylic oxidation sites excluding steroid dienone is 1. The lowest BCUT2D eigenvalue weighted by Gasteiger charge is -2.26. The van der Waals surface area contributed by atoms with Gasteiger partial charge in [-0.15, -0.1) is 11.8 Å². The van der Waals surface area contributed by atoms with Gasteiger partial charge in [0, 0.05) is 25.4 Å². The van der Waals surface area contributed by atoms with Crippen molar-refractivity contribution in [3.63, 3.8) is 0 Å². The highest BCUT2D eigenvalue weighted by atomic mass is 32.2. The summed E-state index contributed by atoms with van der Waals surface area (Å²) in [7, 11) is 0. The molecule has 0 radical (unpaired) electrons. The highest BCUT2D eigenvalue weighted by Crippen LogP contribution is 2.30. The second kappa shape index (κ2) is 18.1. The molecule has 0 unspecified atom stereocenters. The van der Waals surface area contributed by atoms with Gasteiger partial charge in [0.15, 0.2) is 11.6 Å². The molecule has 2 aromatic carbocycles. The summed E-state index contributed by atoms with van der Waals surface area (Å²) < 4.78 is 20.6. The Labute approximate surface area is 246 Å². The third kappa shape index (κ3) is 11.2. The standard InChI is InChI=1S/C34H49FN2O2S/c1-4-5-6-7-8-9-10-11-12-13-14-17-22-39-34-21-20-30(23-32(34)35)25-37(29(3)38)33-19-16-15-18-31(33)26-36-24-28(2)40-27-36/h15-16,18-21,23-24H,4-14,17,22,25-27H2,1-3H3. The van der Waals surface area contributed by atoms with Crippen molar-refractivity contribution in [3.8, 4) is 5.75 Å². The van der Waals surface area contributed by atoms with Crippen LogP contribution < -0.4 is 9.64 Å². The van der Waals surface area contributed by atoms with Crippen molar-refractivity contribution in [2.45, 2.75) is 111 Å². The van der Waals surface area contributed by atoms with Crippen LogP contribution >= 0.6 is 11.8 Å². The molecule has 0 spiro atoms. The minimum Gasteiger partial charge on any atom is -0.491 e. The van der Waals surface area contributed by atoms with E-state index in [0.717, 1.165) is 42.1 Å². The fourth-order valence-corrected chi connectivity index (χ4v) is 5.93. The molecule has 6 heteroatoms. The van der Waals surface area contributed by atoms with Crippen molar-refractivity contribution in [1.29, 1.82) is 0 Å². The number of anilines is 1. The molecule has 1 aliphatic heterocycles. The van der Waals surface area contributed by atoms with Crippen LogP contribution in [0.2, 0.25) is 0 Å². The lowest BCUT2D eigenvalue weighted by molar-refractivity contribution is -0.116. The summed E-state index contributed by atoms with van der Waals surface area (Å²) in [6.07, 6.45) is 17.6. The zero-order valence-electron chi connectivity index (χ0n) is 24.9. The molecule has 40 heavy (non-hydrogen) atoms. The Bertz CT molecular complexity index is 1070. The largest absolute Gasteiger partial charge is 0.491 e. The van der Waals surface area contributed by atoms with Crippen LogP contribution in [0.25, 0.3) is 0 Å². The first-order valence-corrected chi connectivity index (χ1v) is 16.3. The molecule has 3 rings (SSSR count). The number of nitrogens with zero attached hydrogens (tertiary/aromatic N) is 2. The molecule has 1 heterocycles. The third-order valence-corrected chi connectivity index (χ3v) is 8.47. The average molecular weight is 569 g/mol. The Morgan fingerprint density at radius 2 is 1.60 bits per heavy atom. The number of hydrogen-bond acceptors (Lipinski definition) is 4. The summed E-state index contributed by atoms with van der Waals surface area (Å²) in [5.74, 6) is 0.757. The normalized spacial score (nSPS) is 13.0. The molecule has 0 aromatic heterocycles. The number of ether oxygens (including phenoxy) is 1. The summed E-state index contributed by atoms with van der Waals surface area (Å²) in [6, 6.07) is 13.0. The lowest BCUT2D eigenvalue weighted by atomic mass is 10.1. The number of para-hydroxylation sites is 1. The maximum Gasteiger partial charge on any atom is 0.224 e.